The van der Waals surface area contributed by atoms with Crippen LogP contribution in [0.25, 0.3) is 0 Å². The van der Waals surface area contributed by atoms with Gasteiger partial charge in [0.1, 0.15) is 0 Å². The zero-order chi connectivity index (χ0) is 12.0. The molecular formula is C12H15N3O. The lowest BCUT2D eigenvalue weighted by atomic mass is 10.1. The summed E-state index contributed by atoms with van der Waals surface area (Å²) < 4.78 is 0. The fraction of sp³-hybridized carbons (Fsp3) is 0.333. The Morgan fingerprint density at radius 3 is 2.62 bits per heavy atom. The second-order valence-electron chi connectivity index (χ2n) is 3.57. The second-order valence-corrected chi connectivity index (χ2v) is 3.57. The van der Waals surface area contributed by atoms with E-state index in [4.69, 9.17) is 11.0 Å². The number of nitriles is 1. The first-order chi connectivity index (χ1) is 7.67. The van der Waals surface area contributed by atoms with E-state index in [1.807, 2.05) is 13.0 Å². The Morgan fingerprint density at radius 2 is 2.12 bits per heavy atom. The van der Waals surface area contributed by atoms with E-state index in [1.165, 1.54) is 0 Å². The fourth-order valence-corrected chi connectivity index (χ4v) is 1.31. The predicted molar refractivity (Wildman–Crippen MR) is 62.7 cm³/mol. The highest BCUT2D eigenvalue weighted by Gasteiger charge is 2.11. The van der Waals surface area contributed by atoms with Gasteiger partial charge in [-0.2, -0.15) is 5.26 Å². The van der Waals surface area contributed by atoms with Crippen molar-refractivity contribution in [2.24, 2.45) is 5.73 Å². The van der Waals surface area contributed by atoms with Crippen molar-refractivity contribution in [3.05, 3.63) is 29.8 Å². The van der Waals surface area contributed by atoms with Crippen LogP contribution in [0.3, 0.4) is 0 Å². The Kier molecular flexibility index (Phi) is 4.49. The van der Waals surface area contributed by atoms with Gasteiger partial charge in [-0.1, -0.05) is 13.3 Å². The van der Waals surface area contributed by atoms with Crippen LogP contribution >= 0.6 is 0 Å². The molecular weight excluding hydrogens is 202 g/mol. The molecule has 84 valence electrons. The van der Waals surface area contributed by atoms with E-state index in [9.17, 15) is 4.79 Å². The van der Waals surface area contributed by atoms with Crippen LogP contribution < -0.4 is 11.1 Å². The molecule has 4 heteroatoms. The first-order valence-electron chi connectivity index (χ1n) is 5.24. The van der Waals surface area contributed by atoms with Gasteiger partial charge in [-0.05, 0) is 30.7 Å². The van der Waals surface area contributed by atoms with Crippen LogP contribution in [0.2, 0.25) is 0 Å². The SMILES string of the molecule is CCC[C@H](N)C(=O)Nc1ccc(C#N)cc1. The molecule has 0 saturated heterocycles. The Morgan fingerprint density at radius 1 is 1.50 bits per heavy atom. The maximum absolute atomic E-state index is 11.6. The molecule has 0 radical (unpaired) electrons. The number of anilines is 1. The molecule has 0 unspecified atom stereocenters. The van der Waals surface area contributed by atoms with E-state index < -0.39 is 6.04 Å². The third kappa shape index (κ3) is 3.37. The van der Waals surface area contributed by atoms with E-state index in [0.29, 0.717) is 17.7 Å². The quantitative estimate of drug-likeness (QED) is 0.804. The highest BCUT2D eigenvalue weighted by atomic mass is 16.2. The molecule has 0 saturated carbocycles. The average molecular weight is 217 g/mol. The number of nitrogens with zero attached hydrogens (tertiary/aromatic N) is 1. The summed E-state index contributed by atoms with van der Waals surface area (Å²) in [6.45, 7) is 1.98. The average Bonchev–Trinajstić information content (AvgIpc) is 2.30. The van der Waals surface area contributed by atoms with Crippen molar-refractivity contribution in [3.8, 4) is 6.07 Å². The third-order valence-corrected chi connectivity index (χ3v) is 2.22. The summed E-state index contributed by atoms with van der Waals surface area (Å²) in [4.78, 5) is 11.6. The Bertz CT molecular complexity index is 392. The fourth-order valence-electron chi connectivity index (χ4n) is 1.31. The number of hydrogen-bond acceptors (Lipinski definition) is 3. The molecule has 1 atom stereocenters. The number of rotatable bonds is 4. The van der Waals surface area contributed by atoms with E-state index in [2.05, 4.69) is 5.32 Å². The van der Waals surface area contributed by atoms with Crippen LogP contribution in [0.15, 0.2) is 24.3 Å². The minimum absolute atomic E-state index is 0.188. The van der Waals surface area contributed by atoms with Gasteiger partial charge in [0, 0.05) is 5.69 Å². The van der Waals surface area contributed by atoms with Crippen molar-refractivity contribution in [2.75, 3.05) is 5.32 Å². The van der Waals surface area contributed by atoms with Crippen molar-refractivity contribution in [3.63, 3.8) is 0 Å². The number of carbonyl (C=O) groups is 1. The molecule has 1 aromatic rings. The summed E-state index contributed by atoms with van der Waals surface area (Å²) >= 11 is 0. The van der Waals surface area contributed by atoms with Crippen molar-refractivity contribution in [1.29, 1.82) is 5.26 Å². The van der Waals surface area contributed by atoms with Crippen LogP contribution in [0.4, 0.5) is 5.69 Å². The highest BCUT2D eigenvalue weighted by Crippen LogP contribution is 2.09. The topological polar surface area (TPSA) is 78.9 Å². The zero-order valence-electron chi connectivity index (χ0n) is 9.23. The van der Waals surface area contributed by atoms with Crippen molar-refractivity contribution in [2.45, 2.75) is 25.8 Å². The number of nitrogens with two attached hydrogens (primary N) is 1. The Hall–Kier alpha value is -1.86. The summed E-state index contributed by atoms with van der Waals surface area (Å²) in [6, 6.07) is 8.23. The Balaban J connectivity index is 2.60. The molecule has 0 aliphatic heterocycles. The number of hydrogen-bond donors (Lipinski definition) is 2. The number of amides is 1. The van der Waals surface area contributed by atoms with Gasteiger partial charge in [0.15, 0.2) is 0 Å². The molecule has 0 spiro atoms. The second kappa shape index (κ2) is 5.89. The maximum atomic E-state index is 11.6. The van der Waals surface area contributed by atoms with Gasteiger partial charge >= 0.3 is 0 Å². The molecule has 3 N–H and O–H groups in total. The zero-order valence-corrected chi connectivity index (χ0v) is 9.23. The van der Waals surface area contributed by atoms with Gasteiger partial charge in [0.2, 0.25) is 5.91 Å². The molecule has 0 heterocycles. The lowest BCUT2D eigenvalue weighted by Gasteiger charge is -2.10. The number of benzene rings is 1. The maximum Gasteiger partial charge on any atom is 0.241 e. The van der Waals surface area contributed by atoms with Crippen LogP contribution in [-0.4, -0.2) is 11.9 Å². The van der Waals surface area contributed by atoms with Crippen LogP contribution in [0.5, 0.6) is 0 Å². The molecule has 0 aliphatic rings. The van der Waals surface area contributed by atoms with Crippen LogP contribution in [-0.2, 0) is 4.79 Å². The highest BCUT2D eigenvalue weighted by molar-refractivity contribution is 5.94. The first kappa shape index (κ1) is 12.2. The standard InChI is InChI=1S/C12H15N3O/c1-2-3-11(14)12(16)15-10-6-4-9(8-13)5-7-10/h4-7,11H,2-3,14H2,1H3,(H,15,16)/t11-/m0/s1. The minimum atomic E-state index is -0.472. The molecule has 4 nitrogen and oxygen atoms in total. The van der Waals surface area contributed by atoms with Crippen LogP contribution in [0.1, 0.15) is 25.3 Å². The van der Waals surface area contributed by atoms with E-state index in [-0.39, 0.29) is 5.91 Å². The minimum Gasteiger partial charge on any atom is -0.325 e. The van der Waals surface area contributed by atoms with E-state index >= 15 is 0 Å². The lowest BCUT2D eigenvalue weighted by Crippen LogP contribution is -2.35. The van der Waals surface area contributed by atoms with E-state index in [1.54, 1.807) is 24.3 Å². The number of nitrogens with one attached hydrogen (secondary N) is 1. The molecule has 1 aromatic carbocycles. The number of carbonyl (C=O) groups excluding carboxylic acids is 1. The summed E-state index contributed by atoms with van der Waals surface area (Å²) in [5, 5.41) is 11.3. The van der Waals surface area contributed by atoms with E-state index in [0.717, 1.165) is 6.42 Å². The molecule has 0 bridgehead atoms. The first-order valence-corrected chi connectivity index (χ1v) is 5.24. The summed E-state index contributed by atoms with van der Waals surface area (Å²) in [5.74, 6) is -0.188. The van der Waals surface area contributed by atoms with Gasteiger partial charge in [0.25, 0.3) is 0 Å². The predicted octanol–water partition coefficient (Wildman–Crippen LogP) is 1.62. The van der Waals surface area contributed by atoms with Crippen LogP contribution in [0, 0.1) is 11.3 Å². The van der Waals surface area contributed by atoms with Gasteiger partial charge in [-0.25, -0.2) is 0 Å². The third-order valence-electron chi connectivity index (χ3n) is 2.22. The van der Waals surface area contributed by atoms with Gasteiger partial charge < -0.3 is 11.1 Å². The molecule has 1 amide bonds. The normalized spacial score (nSPS) is 11.6. The monoisotopic (exact) mass is 217 g/mol. The van der Waals surface area contributed by atoms with Crippen molar-refractivity contribution >= 4 is 11.6 Å². The largest absolute Gasteiger partial charge is 0.325 e. The smallest absolute Gasteiger partial charge is 0.241 e. The molecule has 1 rings (SSSR count). The van der Waals surface area contributed by atoms with Gasteiger partial charge in [0.05, 0.1) is 17.7 Å². The Labute approximate surface area is 95.1 Å². The van der Waals surface area contributed by atoms with Gasteiger partial charge in [-0.15, -0.1) is 0 Å². The molecule has 0 aliphatic carbocycles. The molecule has 16 heavy (non-hydrogen) atoms. The summed E-state index contributed by atoms with van der Waals surface area (Å²) in [7, 11) is 0. The summed E-state index contributed by atoms with van der Waals surface area (Å²) in [6.07, 6.45) is 1.55. The molecule has 0 fully saturated rings. The summed E-state index contributed by atoms with van der Waals surface area (Å²) in [5.41, 5.74) is 6.90. The lowest BCUT2D eigenvalue weighted by molar-refractivity contribution is -0.117. The van der Waals surface area contributed by atoms with Gasteiger partial charge in [-0.3, -0.25) is 4.79 Å². The van der Waals surface area contributed by atoms with Crippen molar-refractivity contribution < 1.29 is 4.79 Å². The molecule has 0 aromatic heterocycles. The van der Waals surface area contributed by atoms with Crippen molar-refractivity contribution in [1.82, 2.24) is 0 Å².